The van der Waals surface area contributed by atoms with Crippen LogP contribution in [0.3, 0.4) is 0 Å². The molecule has 4 rings (SSSR count). The molecular formula is C23H19N5O2S. The van der Waals surface area contributed by atoms with E-state index in [0.29, 0.717) is 30.1 Å². The molecule has 31 heavy (non-hydrogen) atoms. The van der Waals surface area contributed by atoms with Crippen molar-refractivity contribution in [3.05, 3.63) is 82.3 Å². The summed E-state index contributed by atoms with van der Waals surface area (Å²) < 4.78 is 0. The third kappa shape index (κ3) is 4.85. The lowest BCUT2D eigenvalue weighted by Crippen LogP contribution is -2.36. The normalized spacial score (nSPS) is 12.9. The SMILES string of the molecule is N#Cc1c(NC(=O)/C=C/c2cccnc2)sc2c1CCN(C(=O)Cc1ccccn1)C2. The second kappa shape index (κ2) is 9.32. The van der Waals surface area contributed by atoms with Crippen LogP contribution in [0.1, 0.15) is 27.3 Å². The highest BCUT2D eigenvalue weighted by Gasteiger charge is 2.27. The van der Waals surface area contributed by atoms with Crippen LogP contribution in [-0.2, 0) is 29.0 Å². The van der Waals surface area contributed by atoms with Crippen molar-refractivity contribution >= 4 is 34.2 Å². The Morgan fingerprint density at radius 2 is 2.16 bits per heavy atom. The molecule has 4 heterocycles. The number of pyridine rings is 2. The molecule has 0 atom stereocenters. The molecular weight excluding hydrogens is 410 g/mol. The highest BCUT2D eigenvalue weighted by molar-refractivity contribution is 7.16. The van der Waals surface area contributed by atoms with Crippen molar-refractivity contribution in [1.29, 1.82) is 5.26 Å². The van der Waals surface area contributed by atoms with Crippen molar-refractivity contribution in [3.63, 3.8) is 0 Å². The molecule has 1 aliphatic rings. The van der Waals surface area contributed by atoms with Crippen LogP contribution in [-0.4, -0.2) is 33.2 Å². The number of nitrogens with one attached hydrogen (secondary N) is 1. The molecule has 0 spiro atoms. The Kier molecular flexibility index (Phi) is 6.15. The molecule has 0 aromatic carbocycles. The molecule has 0 aliphatic carbocycles. The number of carbonyl (C=O) groups excluding carboxylic acids is 2. The van der Waals surface area contributed by atoms with Gasteiger partial charge in [-0.2, -0.15) is 5.26 Å². The minimum absolute atomic E-state index is 0.00115. The predicted octanol–water partition coefficient (Wildman–Crippen LogP) is 3.19. The summed E-state index contributed by atoms with van der Waals surface area (Å²) in [4.78, 5) is 36.0. The second-order valence-electron chi connectivity index (χ2n) is 6.99. The summed E-state index contributed by atoms with van der Waals surface area (Å²) in [6.45, 7) is 0.972. The monoisotopic (exact) mass is 429 g/mol. The average Bonchev–Trinajstić information content (AvgIpc) is 3.15. The van der Waals surface area contributed by atoms with E-state index < -0.39 is 0 Å². The Morgan fingerprint density at radius 3 is 2.90 bits per heavy atom. The molecule has 0 saturated heterocycles. The Hall–Kier alpha value is -3.83. The molecule has 1 aliphatic heterocycles. The standard InChI is InChI=1S/C23H19N5O2S/c24-13-19-18-8-11-28(22(30)12-17-5-1-2-10-26-17)15-20(18)31-23(19)27-21(29)7-6-16-4-3-9-25-14-16/h1-7,9-10,14H,8,11-12,15H2,(H,27,29)/b7-6+. The predicted molar refractivity (Wildman–Crippen MR) is 118 cm³/mol. The summed E-state index contributed by atoms with van der Waals surface area (Å²) in [6, 6.07) is 11.4. The molecule has 7 nitrogen and oxygen atoms in total. The minimum Gasteiger partial charge on any atom is -0.337 e. The number of carbonyl (C=O) groups is 2. The van der Waals surface area contributed by atoms with E-state index in [4.69, 9.17) is 0 Å². The first-order valence-electron chi connectivity index (χ1n) is 9.75. The quantitative estimate of drug-likeness (QED) is 0.628. The fraction of sp³-hybridized carbons (Fsp3) is 0.174. The smallest absolute Gasteiger partial charge is 0.249 e. The molecule has 8 heteroatoms. The highest BCUT2D eigenvalue weighted by Crippen LogP contribution is 2.36. The Morgan fingerprint density at radius 1 is 1.26 bits per heavy atom. The third-order valence-electron chi connectivity index (χ3n) is 4.93. The van der Waals surface area contributed by atoms with Crippen LogP contribution in [0, 0.1) is 11.3 Å². The number of anilines is 1. The van der Waals surface area contributed by atoms with Crippen LogP contribution in [0.5, 0.6) is 0 Å². The van der Waals surface area contributed by atoms with E-state index in [1.807, 2.05) is 24.3 Å². The Labute approximate surface area is 183 Å². The van der Waals surface area contributed by atoms with Crippen LogP contribution in [0.25, 0.3) is 6.08 Å². The van der Waals surface area contributed by atoms with E-state index in [-0.39, 0.29) is 18.2 Å². The van der Waals surface area contributed by atoms with Crippen molar-refractivity contribution in [2.24, 2.45) is 0 Å². The molecule has 0 unspecified atom stereocenters. The van der Waals surface area contributed by atoms with Gasteiger partial charge in [0.2, 0.25) is 11.8 Å². The van der Waals surface area contributed by atoms with Gasteiger partial charge in [-0.1, -0.05) is 12.1 Å². The maximum atomic E-state index is 12.7. The lowest BCUT2D eigenvalue weighted by Gasteiger charge is -2.27. The summed E-state index contributed by atoms with van der Waals surface area (Å²) >= 11 is 1.35. The molecule has 0 fully saturated rings. The fourth-order valence-corrected chi connectivity index (χ4v) is 4.61. The molecule has 0 radical (unpaired) electrons. The lowest BCUT2D eigenvalue weighted by molar-refractivity contribution is -0.131. The number of amides is 2. The Bertz CT molecular complexity index is 1170. The summed E-state index contributed by atoms with van der Waals surface area (Å²) in [6.07, 6.45) is 8.91. The number of hydrogen-bond donors (Lipinski definition) is 1. The van der Waals surface area contributed by atoms with E-state index in [1.54, 1.807) is 35.6 Å². The van der Waals surface area contributed by atoms with Crippen LogP contribution in [0.2, 0.25) is 0 Å². The third-order valence-corrected chi connectivity index (χ3v) is 6.06. The number of thiophene rings is 1. The van der Waals surface area contributed by atoms with Gasteiger partial charge in [0.25, 0.3) is 0 Å². The molecule has 3 aromatic rings. The summed E-state index contributed by atoms with van der Waals surface area (Å²) in [5.74, 6) is -0.316. The second-order valence-corrected chi connectivity index (χ2v) is 8.10. The van der Waals surface area contributed by atoms with Crippen LogP contribution < -0.4 is 5.32 Å². The van der Waals surface area contributed by atoms with Crippen LogP contribution >= 0.6 is 11.3 Å². The van der Waals surface area contributed by atoms with Gasteiger partial charge in [-0.05, 0) is 41.8 Å². The van der Waals surface area contributed by atoms with Gasteiger partial charge in [0.05, 0.1) is 18.5 Å². The maximum Gasteiger partial charge on any atom is 0.249 e. The number of nitriles is 1. The fourth-order valence-electron chi connectivity index (χ4n) is 3.39. The van der Waals surface area contributed by atoms with Crippen molar-refractivity contribution in [2.75, 3.05) is 11.9 Å². The molecule has 1 N–H and O–H groups in total. The average molecular weight is 430 g/mol. The zero-order valence-corrected chi connectivity index (χ0v) is 17.4. The largest absolute Gasteiger partial charge is 0.337 e. The van der Waals surface area contributed by atoms with Crippen molar-refractivity contribution in [2.45, 2.75) is 19.4 Å². The molecule has 154 valence electrons. The van der Waals surface area contributed by atoms with Gasteiger partial charge in [-0.3, -0.25) is 19.6 Å². The lowest BCUT2D eigenvalue weighted by atomic mass is 10.0. The minimum atomic E-state index is -0.318. The van der Waals surface area contributed by atoms with Gasteiger partial charge in [-0.15, -0.1) is 11.3 Å². The zero-order chi connectivity index (χ0) is 21.6. The van der Waals surface area contributed by atoms with Crippen molar-refractivity contribution < 1.29 is 9.59 Å². The van der Waals surface area contributed by atoms with Gasteiger partial charge in [-0.25, -0.2) is 0 Å². The highest BCUT2D eigenvalue weighted by atomic mass is 32.1. The van der Waals surface area contributed by atoms with Crippen LogP contribution in [0.4, 0.5) is 5.00 Å². The first kappa shape index (κ1) is 20.4. The van der Waals surface area contributed by atoms with Crippen molar-refractivity contribution in [1.82, 2.24) is 14.9 Å². The number of nitrogens with zero attached hydrogens (tertiary/aromatic N) is 4. The van der Waals surface area contributed by atoms with E-state index in [0.717, 1.165) is 21.7 Å². The van der Waals surface area contributed by atoms with Gasteiger partial charge in [0.1, 0.15) is 11.1 Å². The number of hydrogen-bond acceptors (Lipinski definition) is 6. The number of fused-ring (bicyclic) bond motifs is 1. The molecule has 0 bridgehead atoms. The molecule has 2 amide bonds. The van der Waals surface area contributed by atoms with Gasteiger partial charge >= 0.3 is 0 Å². The zero-order valence-electron chi connectivity index (χ0n) is 16.6. The van der Waals surface area contributed by atoms with Crippen LogP contribution in [0.15, 0.2) is 55.0 Å². The first-order valence-corrected chi connectivity index (χ1v) is 10.6. The van der Waals surface area contributed by atoms with Gasteiger partial charge in [0, 0.05) is 41.8 Å². The van der Waals surface area contributed by atoms with E-state index in [9.17, 15) is 14.9 Å². The maximum absolute atomic E-state index is 12.7. The topological polar surface area (TPSA) is 99.0 Å². The number of rotatable bonds is 5. The number of aromatic nitrogens is 2. The van der Waals surface area contributed by atoms with Gasteiger partial charge in [0.15, 0.2) is 0 Å². The first-order chi connectivity index (χ1) is 15.1. The molecule has 0 saturated carbocycles. The Balaban J connectivity index is 1.45. The summed E-state index contributed by atoms with van der Waals surface area (Å²) in [5.41, 5.74) is 2.95. The molecule has 3 aromatic heterocycles. The summed E-state index contributed by atoms with van der Waals surface area (Å²) in [5, 5.41) is 13.0. The van der Waals surface area contributed by atoms with E-state index in [2.05, 4.69) is 21.4 Å². The van der Waals surface area contributed by atoms with E-state index in [1.165, 1.54) is 17.4 Å². The summed E-state index contributed by atoms with van der Waals surface area (Å²) in [7, 11) is 0. The van der Waals surface area contributed by atoms with Gasteiger partial charge < -0.3 is 10.2 Å². The van der Waals surface area contributed by atoms with Crippen molar-refractivity contribution in [3.8, 4) is 6.07 Å². The van der Waals surface area contributed by atoms with E-state index >= 15 is 0 Å².